The number of rotatable bonds is 2. The maximum absolute atomic E-state index is 4.49. The zero-order valence-corrected chi connectivity index (χ0v) is 8.81. The summed E-state index contributed by atoms with van der Waals surface area (Å²) in [7, 11) is 0. The van der Waals surface area contributed by atoms with Gasteiger partial charge in [-0.05, 0) is 5.56 Å². The average Bonchev–Trinajstić information content (AvgIpc) is 2.79. The first-order chi connectivity index (χ1) is 7.42. The fourth-order valence-electron chi connectivity index (χ4n) is 1.57. The highest BCUT2D eigenvalue weighted by Crippen LogP contribution is 2.12. The molecule has 15 heavy (non-hydrogen) atoms. The lowest BCUT2D eigenvalue weighted by Crippen LogP contribution is -1.87. The van der Waals surface area contributed by atoms with Gasteiger partial charge in [-0.3, -0.25) is 0 Å². The third-order valence-electron chi connectivity index (χ3n) is 2.26. The molecule has 74 valence electrons. The van der Waals surface area contributed by atoms with Crippen LogP contribution in [0.3, 0.4) is 0 Å². The predicted octanol–water partition coefficient (Wildman–Crippen LogP) is 2.38. The van der Waals surface area contributed by atoms with Gasteiger partial charge in [0.05, 0.1) is 11.9 Å². The number of hydrogen-bond acceptors (Lipinski definition) is 3. The Balaban J connectivity index is 1.93. The average molecular weight is 215 g/mol. The maximum Gasteiger partial charge on any atom is 0.212 e. The first-order valence-corrected chi connectivity index (χ1v) is 5.61. The largest absolute Gasteiger partial charge is 0.222 e. The molecule has 0 amide bonds. The fourth-order valence-corrected chi connectivity index (χ4v) is 2.19. The van der Waals surface area contributed by atoms with Gasteiger partial charge in [0, 0.05) is 6.42 Å². The zero-order chi connectivity index (χ0) is 10.1. The summed E-state index contributed by atoms with van der Waals surface area (Å²) in [6.45, 7) is 0. The van der Waals surface area contributed by atoms with Crippen LogP contribution in [0, 0.1) is 0 Å². The second-order valence-corrected chi connectivity index (χ2v) is 4.17. The standard InChI is InChI=1S/C11H9N3S/c1-2-4-9(5-3-1)6-10-7-14-11(13-10)15-8-12-14/h1-5,7-8H,6H2. The summed E-state index contributed by atoms with van der Waals surface area (Å²) < 4.78 is 1.82. The Morgan fingerprint density at radius 2 is 2.07 bits per heavy atom. The van der Waals surface area contributed by atoms with E-state index in [-0.39, 0.29) is 0 Å². The second kappa shape index (κ2) is 3.47. The number of fused-ring (bicyclic) bond motifs is 1. The molecule has 0 unspecified atom stereocenters. The molecule has 0 saturated heterocycles. The Morgan fingerprint density at radius 3 is 2.87 bits per heavy atom. The van der Waals surface area contributed by atoms with Gasteiger partial charge >= 0.3 is 0 Å². The maximum atomic E-state index is 4.49. The molecule has 1 aromatic carbocycles. The summed E-state index contributed by atoms with van der Waals surface area (Å²) in [5.41, 5.74) is 4.15. The first kappa shape index (κ1) is 8.61. The zero-order valence-electron chi connectivity index (χ0n) is 8.00. The van der Waals surface area contributed by atoms with E-state index in [1.165, 1.54) is 5.56 Å². The summed E-state index contributed by atoms with van der Waals surface area (Å²) in [6, 6.07) is 10.3. The lowest BCUT2D eigenvalue weighted by atomic mass is 10.1. The molecule has 0 aliphatic carbocycles. The monoisotopic (exact) mass is 215 g/mol. The highest BCUT2D eigenvalue weighted by atomic mass is 32.1. The predicted molar refractivity (Wildman–Crippen MR) is 60.1 cm³/mol. The normalized spacial score (nSPS) is 10.9. The fraction of sp³-hybridized carbons (Fsp3) is 0.0909. The molecule has 3 rings (SSSR count). The molecule has 2 heterocycles. The Kier molecular flexibility index (Phi) is 1.99. The van der Waals surface area contributed by atoms with E-state index in [4.69, 9.17) is 0 Å². The number of hydrogen-bond donors (Lipinski definition) is 0. The van der Waals surface area contributed by atoms with E-state index in [2.05, 4.69) is 22.2 Å². The van der Waals surface area contributed by atoms with Gasteiger partial charge in [-0.2, -0.15) is 5.10 Å². The minimum Gasteiger partial charge on any atom is -0.222 e. The van der Waals surface area contributed by atoms with Gasteiger partial charge in [-0.1, -0.05) is 41.7 Å². The van der Waals surface area contributed by atoms with Crippen LogP contribution in [0.4, 0.5) is 0 Å². The van der Waals surface area contributed by atoms with Gasteiger partial charge in [-0.15, -0.1) is 0 Å². The van der Waals surface area contributed by atoms with E-state index >= 15 is 0 Å². The summed E-state index contributed by atoms with van der Waals surface area (Å²) >= 11 is 1.56. The molecule has 0 saturated carbocycles. The van der Waals surface area contributed by atoms with Crippen LogP contribution in [-0.4, -0.2) is 14.6 Å². The molecule has 0 spiro atoms. The van der Waals surface area contributed by atoms with Crippen molar-refractivity contribution in [1.82, 2.24) is 14.6 Å². The molecular weight excluding hydrogens is 206 g/mol. The second-order valence-electron chi connectivity index (χ2n) is 3.36. The van der Waals surface area contributed by atoms with Crippen molar-refractivity contribution in [3.63, 3.8) is 0 Å². The molecular formula is C11H9N3S. The van der Waals surface area contributed by atoms with E-state index in [1.807, 2.05) is 28.9 Å². The highest BCUT2D eigenvalue weighted by Gasteiger charge is 2.03. The molecule has 3 nitrogen and oxygen atoms in total. The van der Waals surface area contributed by atoms with Crippen LogP contribution in [0.1, 0.15) is 11.3 Å². The Hall–Kier alpha value is -1.68. The molecule has 0 bridgehead atoms. The Bertz CT molecular complexity index is 539. The molecule has 2 aromatic heterocycles. The lowest BCUT2D eigenvalue weighted by molar-refractivity contribution is 0.966. The van der Waals surface area contributed by atoms with Crippen LogP contribution in [0.15, 0.2) is 42.0 Å². The van der Waals surface area contributed by atoms with Crippen molar-refractivity contribution < 1.29 is 0 Å². The number of aromatic nitrogens is 3. The highest BCUT2D eigenvalue weighted by molar-refractivity contribution is 7.14. The third-order valence-corrected chi connectivity index (χ3v) is 2.95. The van der Waals surface area contributed by atoms with E-state index in [9.17, 15) is 0 Å². The minimum atomic E-state index is 0.872. The van der Waals surface area contributed by atoms with Crippen LogP contribution >= 0.6 is 11.3 Å². The van der Waals surface area contributed by atoms with E-state index < -0.39 is 0 Å². The van der Waals surface area contributed by atoms with Crippen molar-refractivity contribution in [1.29, 1.82) is 0 Å². The SMILES string of the molecule is c1ccc(Cc2cn3ncsc3n2)cc1. The number of imidazole rings is 1. The topological polar surface area (TPSA) is 30.2 Å². The van der Waals surface area contributed by atoms with Crippen LogP contribution in [-0.2, 0) is 6.42 Å². The van der Waals surface area contributed by atoms with E-state index in [1.54, 1.807) is 16.8 Å². The molecule has 0 atom stereocenters. The van der Waals surface area contributed by atoms with Gasteiger partial charge < -0.3 is 0 Å². The van der Waals surface area contributed by atoms with Gasteiger partial charge in [0.2, 0.25) is 4.96 Å². The van der Waals surface area contributed by atoms with Crippen molar-refractivity contribution in [3.05, 3.63) is 53.3 Å². The number of nitrogens with zero attached hydrogens (tertiary/aromatic N) is 3. The van der Waals surface area contributed by atoms with E-state index in [0.717, 1.165) is 17.1 Å². The van der Waals surface area contributed by atoms with Crippen LogP contribution in [0.25, 0.3) is 4.96 Å². The number of benzene rings is 1. The third kappa shape index (κ3) is 1.64. The summed E-state index contributed by atoms with van der Waals surface area (Å²) in [6.07, 6.45) is 2.86. The first-order valence-electron chi connectivity index (χ1n) is 4.73. The van der Waals surface area contributed by atoms with Gasteiger partial charge in [0.25, 0.3) is 0 Å². The molecule has 0 N–H and O–H groups in total. The lowest BCUT2D eigenvalue weighted by Gasteiger charge is -1.95. The van der Waals surface area contributed by atoms with Crippen LogP contribution in [0.5, 0.6) is 0 Å². The summed E-state index contributed by atoms with van der Waals surface area (Å²) in [5.74, 6) is 0. The van der Waals surface area contributed by atoms with Gasteiger partial charge in [0.15, 0.2) is 0 Å². The molecule has 0 radical (unpaired) electrons. The minimum absolute atomic E-state index is 0.872. The van der Waals surface area contributed by atoms with E-state index in [0.29, 0.717) is 0 Å². The molecule has 3 aromatic rings. The van der Waals surface area contributed by atoms with Crippen molar-refractivity contribution >= 4 is 16.3 Å². The van der Waals surface area contributed by atoms with Crippen molar-refractivity contribution in [3.8, 4) is 0 Å². The summed E-state index contributed by atoms with van der Waals surface area (Å²) in [4.78, 5) is 5.45. The summed E-state index contributed by atoms with van der Waals surface area (Å²) in [5, 5.41) is 4.15. The van der Waals surface area contributed by atoms with Crippen molar-refractivity contribution in [2.45, 2.75) is 6.42 Å². The molecule has 0 fully saturated rings. The Labute approximate surface area is 91.0 Å². The van der Waals surface area contributed by atoms with Crippen molar-refractivity contribution in [2.75, 3.05) is 0 Å². The smallest absolute Gasteiger partial charge is 0.212 e. The quantitative estimate of drug-likeness (QED) is 0.657. The van der Waals surface area contributed by atoms with Crippen LogP contribution in [0.2, 0.25) is 0 Å². The van der Waals surface area contributed by atoms with Gasteiger partial charge in [0.1, 0.15) is 5.51 Å². The van der Waals surface area contributed by atoms with Crippen molar-refractivity contribution in [2.24, 2.45) is 0 Å². The Morgan fingerprint density at radius 1 is 1.20 bits per heavy atom. The molecule has 0 aliphatic heterocycles. The van der Waals surface area contributed by atoms with Gasteiger partial charge in [-0.25, -0.2) is 9.50 Å². The molecule has 0 aliphatic rings. The molecule has 4 heteroatoms. The van der Waals surface area contributed by atoms with Crippen LogP contribution < -0.4 is 0 Å².